The van der Waals surface area contributed by atoms with Crippen LogP contribution in [-0.2, 0) is 0 Å². The summed E-state index contributed by atoms with van der Waals surface area (Å²) in [6, 6.07) is 8.03. The van der Waals surface area contributed by atoms with Gasteiger partial charge in [0.2, 0.25) is 5.95 Å². The van der Waals surface area contributed by atoms with Crippen molar-refractivity contribution in [1.82, 2.24) is 14.5 Å². The number of aryl methyl sites for hydroxylation is 1. The second-order valence-corrected chi connectivity index (χ2v) is 4.35. The number of fused-ring (bicyclic) bond motifs is 1. The van der Waals surface area contributed by atoms with Crippen LogP contribution >= 0.6 is 0 Å². The summed E-state index contributed by atoms with van der Waals surface area (Å²) < 4.78 is 15.2. The standard InChI is InChI=1S/C14H10FN5/c1-8-5-6-18-13-12(8)19-14(17)20(13)11-4-2-3-10(15)9(11)7-16/h2-6H,1H3,(H2,17,19). The first-order chi connectivity index (χ1) is 9.63. The van der Waals surface area contributed by atoms with E-state index >= 15 is 0 Å². The molecule has 2 N–H and O–H groups in total. The SMILES string of the molecule is Cc1ccnc2c1nc(N)n2-c1cccc(F)c1C#N. The lowest BCUT2D eigenvalue weighted by Crippen LogP contribution is -2.04. The first-order valence-corrected chi connectivity index (χ1v) is 5.92. The van der Waals surface area contributed by atoms with Crippen LogP contribution in [0.1, 0.15) is 11.1 Å². The number of nitrogens with two attached hydrogens (primary N) is 1. The molecule has 3 aromatic rings. The molecule has 98 valence electrons. The maximum atomic E-state index is 13.7. The Morgan fingerprint density at radius 2 is 2.15 bits per heavy atom. The molecule has 0 aliphatic heterocycles. The summed E-state index contributed by atoms with van der Waals surface area (Å²) in [5.74, 6) is -0.428. The molecule has 1 aromatic carbocycles. The Morgan fingerprint density at radius 1 is 1.35 bits per heavy atom. The van der Waals surface area contributed by atoms with Crippen molar-refractivity contribution < 1.29 is 4.39 Å². The molecule has 0 aliphatic rings. The van der Waals surface area contributed by atoms with Crippen molar-refractivity contribution in [3.63, 3.8) is 0 Å². The van der Waals surface area contributed by atoms with Gasteiger partial charge in [0.25, 0.3) is 0 Å². The summed E-state index contributed by atoms with van der Waals surface area (Å²) >= 11 is 0. The highest BCUT2D eigenvalue weighted by Crippen LogP contribution is 2.26. The van der Waals surface area contributed by atoms with Crippen molar-refractivity contribution in [3.05, 3.63) is 47.4 Å². The zero-order valence-corrected chi connectivity index (χ0v) is 10.6. The minimum atomic E-state index is -0.598. The first-order valence-electron chi connectivity index (χ1n) is 5.92. The minimum Gasteiger partial charge on any atom is -0.369 e. The number of imidazole rings is 1. The molecule has 2 aromatic heterocycles. The molecule has 0 spiro atoms. The number of pyridine rings is 1. The Balaban J connectivity index is 2.43. The molecule has 0 fully saturated rings. The average molecular weight is 267 g/mol. The van der Waals surface area contributed by atoms with Gasteiger partial charge in [0, 0.05) is 6.20 Å². The van der Waals surface area contributed by atoms with E-state index in [9.17, 15) is 4.39 Å². The molecular formula is C14H10FN5. The molecule has 0 amide bonds. The van der Waals surface area contributed by atoms with Gasteiger partial charge in [0.1, 0.15) is 23.0 Å². The zero-order valence-electron chi connectivity index (χ0n) is 10.6. The Bertz CT molecular complexity index is 860. The quantitative estimate of drug-likeness (QED) is 0.733. The third-order valence-corrected chi connectivity index (χ3v) is 3.12. The summed E-state index contributed by atoms with van der Waals surface area (Å²) in [5.41, 5.74) is 8.22. The predicted octanol–water partition coefficient (Wildman–Crippen LogP) is 2.32. The molecule has 0 aliphatic carbocycles. The first kappa shape index (κ1) is 12.1. The van der Waals surface area contributed by atoms with Gasteiger partial charge in [-0.15, -0.1) is 0 Å². The molecule has 0 atom stereocenters. The van der Waals surface area contributed by atoms with Crippen LogP contribution in [0.3, 0.4) is 0 Å². The number of anilines is 1. The van der Waals surface area contributed by atoms with E-state index in [1.165, 1.54) is 16.7 Å². The number of rotatable bonds is 1. The second kappa shape index (κ2) is 4.31. The fourth-order valence-electron chi connectivity index (χ4n) is 2.16. The zero-order chi connectivity index (χ0) is 14.3. The van der Waals surface area contributed by atoms with Gasteiger partial charge >= 0.3 is 0 Å². The Kier molecular flexibility index (Phi) is 2.61. The summed E-state index contributed by atoms with van der Waals surface area (Å²) in [5, 5.41) is 9.13. The van der Waals surface area contributed by atoms with Crippen LogP contribution in [0.15, 0.2) is 30.5 Å². The fourth-order valence-corrected chi connectivity index (χ4v) is 2.16. The molecule has 3 rings (SSSR count). The number of benzene rings is 1. The highest BCUT2D eigenvalue weighted by atomic mass is 19.1. The number of nitrogen functional groups attached to an aromatic ring is 1. The van der Waals surface area contributed by atoms with Crippen LogP contribution in [0.2, 0.25) is 0 Å². The number of hydrogen-bond donors (Lipinski definition) is 1. The van der Waals surface area contributed by atoms with Crippen LogP contribution in [0.25, 0.3) is 16.9 Å². The minimum absolute atomic E-state index is 0.0817. The maximum Gasteiger partial charge on any atom is 0.207 e. The topological polar surface area (TPSA) is 80.5 Å². The van der Waals surface area contributed by atoms with E-state index in [0.29, 0.717) is 16.9 Å². The van der Waals surface area contributed by atoms with Crippen molar-refractivity contribution in [2.45, 2.75) is 6.92 Å². The number of halogens is 1. The average Bonchev–Trinajstić information content (AvgIpc) is 2.76. The lowest BCUT2D eigenvalue weighted by Gasteiger charge is -2.08. The maximum absolute atomic E-state index is 13.7. The molecule has 0 saturated carbocycles. The van der Waals surface area contributed by atoms with Crippen molar-refractivity contribution in [1.29, 1.82) is 5.26 Å². The van der Waals surface area contributed by atoms with E-state index in [-0.39, 0.29) is 11.5 Å². The summed E-state index contributed by atoms with van der Waals surface area (Å²) in [7, 11) is 0. The third-order valence-electron chi connectivity index (χ3n) is 3.12. The smallest absolute Gasteiger partial charge is 0.207 e. The fraction of sp³-hybridized carbons (Fsp3) is 0.0714. The van der Waals surface area contributed by atoms with Crippen molar-refractivity contribution >= 4 is 17.1 Å². The Labute approximate surface area is 114 Å². The van der Waals surface area contributed by atoms with Gasteiger partial charge in [-0.2, -0.15) is 5.26 Å². The van der Waals surface area contributed by atoms with Crippen molar-refractivity contribution in [3.8, 4) is 11.8 Å². The van der Waals surface area contributed by atoms with Crippen LogP contribution in [0, 0.1) is 24.1 Å². The van der Waals surface area contributed by atoms with Crippen LogP contribution < -0.4 is 5.73 Å². The van der Waals surface area contributed by atoms with E-state index in [1.54, 1.807) is 12.3 Å². The molecule has 2 heterocycles. The van der Waals surface area contributed by atoms with Crippen molar-refractivity contribution in [2.75, 3.05) is 5.73 Å². The monoisotopic (exact) mass is 267 g/mol. The van der Waals surface area contributed by atoms with Gasteiger partial charge in [-0.3, -0.25) is 4.57 Å². The second-order valence-electron chi connectivity index (χ2n) is 4.35. The normalized spacial score (nSPS) is 10.7. The molecule has 0 saturated heterocycles. The van der Waals surface area contributed by atoms with E-state index in [2.05, 4.69) is 9.97 Å². The highest BCUT2D eigenvalue weighted by molar-refractivity contribution is 5.80. The van der Waals surface area contributed by atoms with Crippen LogP contribution in [0.5, 0.6) is 0 Å². The van der Waals surface area contributed by atoms with Gasteiger partial charge in [-0.05, 0) is 30.7 Å². The molecule has 5 nitrogen and oxygen atoms in total. The highest BCUT2D eigenvalue weighted by Gasteiger charge is 2.17. The van der Waals surface area contributed by atoms with E-state index < -0.39 is 5.82 Å². The molecule has 0 radical (unpaired) electrons. The van der Waals surface area contributed by atoms with Crippen molar-refractivity contribution in [2.24, 2.45) is 0 Å². The number of aromatic nitrogens is 3. The third kappa shape index (κ3) is 1.61. The van der Waals surface area contributed by atoms with E-state index in [0.717, 1.165) is 5.56 Å². The molecular weight excluding hydrogens is 257 g/mol. The number of nitriles is 1. The summed E-state index contributed by atoms with van der Waals surface area (Å²) in [6.45, 7) is 1.89. The molecule has 0 unspecified atom stereocenters. The lowest BCUT2D eigenvalue weighted by atomic mass is 10.2. The van der Waals surface area contributed by atoms with Gasteiger partial charge in [0.05, 0.1) is 5.69 Å². The van der Waals surface area contributed by atoms with Gasteiger partial charge < -0.3 is 5.73 Å². The molecule has 20 heavy (non-hydrogen) atoms. The summed E-state index contributed by atoms with van der Waals surface area (Å²) in [4.78, 5) is 8.47. The largest absolute Gasteiger partial charge is 0.369 e. The lowest BCUT2D eigenvalue weighted by molar-refractivity contribution is 0.623. The summed E-state index contributed by atoms with van der Waals surface area (Å²) in [6.07, 6.45) is 1.63. The van der Waals surface area contributed by atoms with Crippen LogP contribution in [0.4, 0.5) is 10.3 Å². The molecule has 6 heteroatoms. The predicted molar refractivity (Wildman–Crippen MR) is 72.7 cm³/mol. The van der Waals surface area contributed by atoms with Gasteiger partial charge in [-0.25, -0.2) is 14.4 Å². The van der Waals surface area contributed by atoms with Gasteiger partial charge in [0.15, 0.2) is 5.65 Å². The number of nitrogens with zero attached hydrogens (tertiary/aromatic N) is 4. The number of hydrogen-bond acceptors (Lipinski definition) is 4. The Hall–Kier alpha value is -2.94. The van der Waals surface area contributed by atoms with Crippen LogP contribution in [-0.4, -0.2) is 14.5 Å². The van der Waals surface area contributed by atoms with Gasteiger partial charge in [-0.1, -0.05) is 6.07 Å². The Morgan fingerprint density at radius 3 is 2.90 bits per heavy atom. The van der Waals surface area contributed by atoms with E-state index in [4.69, 9.17) is 11.0 Å². The molecule has 0 bridgehead atoms. The van der Waals surface area contributed by atoms with E-state index in [1.807, 2.05) is 19.1 Å².